The number of carbonyl (C=O) groups is 1. The Morgan fingerprint density at radius 3 is 2.76 bits per heavy atom. The van der Waals surface area contributed by atoms with E-state index in [0.29, 0.717) is 18.2 Å². The third-order valence-electron chi connectivity index (χ3n) is 6.04. The second-order valence-corrected chi connectivity index (χ2v) is 8.38. The molecular weight excluding hydrogens is 432 g/mol. The maximum Gasteiger partial charge on any atom is 0.229 e. The number of methoxy groups -OCH3 is 1. The van der Waals surface area contributed by atoms with Crippen molar-refractivity contribution in [1.29, 1.82) is 0 Å². The summed E-state index contributed by atoms with van der Waals surface area (Å²) in [6.07, 6.45) is 3.00. The molecule has 0 spiro atoms. The minimum absolute atomic E-state index is 0.0548. The smallest absolute Gasteiger partial charge is 0.229 e. The Bertz CT molecular complexity index is 1210. The average Bonchev–Trinajstić information content (AvgIpc) is 2.87. The van der Waals surface area contributed by atoms with Crippen molar-refractivity contribution in [2.75, 3.05) is 54.3 Å². The zero-order valence-electron chi connectivity index (χ0n) is 19.4. The first-order valence-corrected chi connectivity index (χ1v) is 11.4. The highest BCUT2D eigenvalue weighted by molar-refractivity contribution is 5.94. The molecule has 1 saturated heterocycles. The number of amides is 1. The van der Waals surface area contributed by atoms with Crippen LogP contribution in [0.1, 0.15) is 17.5 Å². The van der Waals surface area contributed by atoms with Gasteiger partial charge in [0, 0.05) is 54.4 Å². The van der Waals surface area contributed by atoms with E-state index in [1.165, 1.54) is 0 Å². The van der Waals surface area contributed by atoms with Crippen molar-refractivity contribution in [2.45, 2.75) is 19.8 Å². The number of nitrogens with one attached hydrogen (secondary N) is 3. The number of carbonyl (C=O) groups excluding carboxylic acids is 1. The van der Waals surface area contributed by atoms with E-state index in [1.54, 1.807) is 13.3 Å². The lowest BCUT2D eigenvalue weighted by Gasteiger charge is -2.29. The molecule has 1 aromatic heterocycles. The van der Waals surface area contributed by atoms with Crippen molar-refractivity contribution in [1.82, 2.24) is 9.97 Å². The Morgan fingerprint density at radius 1 is 1.09 bits per heavy atom. The van der Waals surface area contributed by atoms with Crippen molar-refractivity contribution >= 4 is 40.4 Å². The third kappa shape index (κ3) is 4.74. The van der Waals surface area contributed by atoms with Crippen LogP contribution in [-0.4, -0.2) is 49.3 Å². The van der Waals surface area contributed by atoms with Crippen LogP contribution in [0.25, 0.3) is 0 Å². The van der Waals surface area contributed by atoms with Gasteiger partial charge in [0.05, 0.1) is 26.0 Å². The summed E-state index contributed by atoms with van der Waals surface area (Å²) in [4.78, 5) is 23.0. The maximum atomic E-state index is 11.6. The van der Waals surface area contributed by atoms with Crippen molar-refractivity contribution in [3.63, 3.8) is 0 Å². The van der Waals surface area contributed by atoms with E-state index in [9.17, 15) is 4.79 Å². The summed E-state index contributed by atoms with van der Waals surface area (Å²) < 4.78 is 11.1. The predicted molar refractivity (Wildman–Crippen MR) is 133 cm³/mol. The summed E-state index contributed by atoms with van der Waals surface area (Å²) >= 11 is 0. The lowest BCUT2D eigenvalue weighted by Crippen LogP contribution is -2.36. The molecule has 2 aromatic carbocycles. The average molecular weight is 461 g/mol. The molecule has 176 valence electrons. The molecule has 9 nitrogen and oxygen atoms in total. The fourth-order valence-electron chi connectivity index (χ4n) is 4.15. The molecule has 0 atom stereocenters. The number of aryl methyl sites for hydroxylation is 2. The van der Waals surface area contributed by atoms with Gasteiger partial charge in [-0.25, -0.2) is 4.98 Å². The van der Waals surface area contributed by atoms with Crippen LogP contribution in [0.2, 0.25) is 0 Å². The van der Waals surface area contributed by atoms with Crippen LogP contribution >= 0.6 is 0 Å². The van der Waals surface area contributed by atoms with Gasteiger partial charge in [0.15, 0.2) is 0 Å². The van der Waals surface area contributed by atoms with Gasteiger partial charge >= 0.3 is 0 Å². The van der Waals surface area contributed by atoms with E-state index in [-0.39, 0.29) is 5.91 Å². The van der Waals surface area contributed by atoms with Gasteiger partial charge in [-0.2, -0.15) is 4.98 Å². The van der Waals surface area contributed by atoms with Crippen molar-refractivity contribution < 1.29 is 14.3 Å². The first-order chi connectivity index (χ1) is 16.6. The first-order valence-electron chi connectivity index (χ1n) is 11.4. The van der Waals surface area contributed by atoms with Crippen LogP contribution in [0.15, 0.2) is 42.6 Å². The van der Waals surface area contributed by atoms with E-state index in [4.69, 9.17) is 9.47 Å². The van der Waals surface area contributed by atoms with Crippen molar-refractivity contribution in [2.24, 2.45) is 0 Å². The molecule has 0 radical (unpaired) electrons. The SMILES string of the molecule is COc1cc(N2CCOCC2)ccc1Nc1nc(Nc2ccc3c(c2)CCC(=O)N3)ncc1C. The largest absolute Gasteiger partial charge is 0.494 e. The molecule has 3 aromatic rings. The highest BCUT2D eigenvalue weighted by atomic mass is 16.5. The summed E-state index contributed by atoms with van der Waals surface area (Å²) in [5, 5.41) is 9.57. The Labute approximate surface area is 198 Å². The topological polar surface area (TPSA) is 101 Å². The Kier molecular flexibility index (Phi) is 6.18. The fourth-order valence-corrected chi connectivity index (χ4v) is 4.15. The van der Waals surface area contributed by atoms with E-state index in [1.807, 2.05) is 37.3 Å². The van der Waals surface area contributed by atoms with Crippen molar-refractivity contribution in [3.8, 4) is 5.75 Å². The van der Waals surface area contributed by atoms with Crippen LogP contribution in [0.5, 0.6) is 5.75 Å². The lowest BCUT2D eigenvalue weighted by molar-refractivity contribution is -0.116. The van der Waals surface area contributed by atoms with Gasteiger partial charge in [-0.05, 0) is 49.2 Å². The molecule has 34 heavy (non-hydrogen) atoms. The van der Waals surface area contributed by atoms with Gasteiger partial charge in [-0.15, -0.1) is 0 Å². The summed E-state index contributed by atoms with van der Waals surface area (Å²) in [5.74, 6) is 1.98. The van der Waals surface area contributed by atoms with E-state index >= 15 is 0 Å². The second-order valence-electron chi connectivity index (χ2n) is 8.38. The number of rotatable bonds is 6. The number of ether oxygens (including phenoxy) is 2. The molecule has 9 heteroatoms. The number of morpholine rings is 1. The molecule has 2 aliphatic heterocycles. The minimum Gasteiger partial charge on any atom is -0.494 e. The highest BCUT2D eigenvalue weighted by Crippen LogP contribution is 2.33. The van der Waals surface area contributed by atoms with Gasteiger partial charge < -0.3 is 30.3 Å². The van der Waals surface area contributed by atoms with Gasteiger partial charge in [-0.1, -0.05) is 0 Å². The Morgan fingerprint density at radius 2 is 1.94 bits per heavy atom. The number of anilines is 6. The van der Waals surface area contributed by atoms with Crippen LogP contribution in [0, 0.1) is 6.92 Å². The van der Waals surface area contributed by atoms with E-state index in [0.717, 1.165) is 72.4 Å². The van der Waals surface area contributed by atoms with Gasteiger partial charge in [0.2, 0.25) is 11.9 Å². The summed E-state index contributed by atoms with van der Waals surface area (Å²) in [5.41, 5.74) is 5.68. The van der Waals surface area contributed by atoms with Crippen LogP contribution in [0.4, 0.5) is 34.5 Å². The summed E-state index contributed by atoms with van der Waals surface area (Å²) in [6, 6.07) is 12.0. The molecule has 0 saturated carbocycles. The van der Waals surface area contributed by atoms with Crippen LogP contribution in [0.3, 0.4) is 0 Å². The fraction of sp³-hybridized carbons (Fsp3) is 0.320. The number of benzene rings is 2. The van der Waals surface area contributed by atoms with Gasteiger partial charge in [0.25, 0.3) is 0 Å². The first kappa shape index (κ1) is 22.0. The number of hydrogen-bond donors (Lipinski definition) is 3. The number of hydrogen-bond acceptors (Lipinski definition) is 8. The second kappa shape index (κ2) is 9.56. The zero-order valence-corrected chi connectivity index (χ0v) is 19.4. The molecule has 1 amide bonds. The number of fused-ring (bicyclic) bond motifs is 1. The molecule has 5 rings (SSSR count). The number of aromatic nitrogens is 2. The van der Waals surface area contributed by atoms with E-state index in [2.05, 4.69) is 36.9 Å². The third-order valence-corrected chi connectivity index (χ3v) is 6.04. The summed E-state index contributed by atoms with van der Waals surface area (Å²) in [6.45, 7) is 5.16. The molecular formula is C25H28N6O3. The molecule has 0 unspecified atom stereocenters. The van der Waals surface area contributed by atoms with Gasteiger partial charge in [0.1, 0.15) is 11.6 Å². The number of nitrogens with zero attached hydrogens (tertiary/aromatic N) is 3. The highest BCUT2D eigenvalue weighted by Gasteiger charge is 2.16. The van der Waals surface area contributed by atoms with E-state index < -0.39 is 0 Å². The minimum atomic E-state index is 0.0548. The normalized spacial score (nSPS) is 15.4. The van der Waals surface area contributed by atoms with Crippen LogP contribution < -0.4 is 25.6 Å². The van der Waals surface area contributed by atoms with Crippen molar-refractivity contribution in [3.05, 3.63) is 53.7 Å². The zero-order chi connectivity index (χ0) is 23.5. The molecule has 0 bridgehead atoms. The molecule has 3 N–H and O–H groups in total. The standard InChI is InChI=1S/C25H28N6O3/c1-16-15-26-25(27-18-4-6-20-17(13-18)3-8-23(32)28-20)30-24(16)29-21-7-5-19(14-22(21)33-2)31-9-11-34-12-10-31/h4-7,13-15H,3,8-12H2,1-2H3,(H,28,32)(H2,26,27,29,30). The lowest BCUT2D eigenvalue weighted by atomic mass is 10.0. The summed E-state index contributed by atoms with van der Waals surface area (Å²) in [7, 11) is 1.67. The van der Waals surface area contributed by atoms with Gasteiger partial charge in [-0.3, -0.25) is 4.79 Å². The molecule has 3 heterocycles. The molecule has 1 fully saturated rings. The predicted octanol–water partition coefficient (Wildman–Crippen LogP) is 4.00. The Balaban J connectivity index is 1.34. The molecule has 0 aliphatic carbocycles. The maximum absolute atomic E-state index is 11.6. The monoisotopic (exact) mass is 460 g/mol. The Hall–Kier alpha value is -3.85. The molecule has 2 aliphatic rings. The van der Waals surface area contributed by atoms with Crippen LogP contribution in [-0.2, 0) is 16.0 Å². The quantitative estimate of drug-likeness (QED) is 0.508.